The van der Waals surface area contributed by atoms with Crippen molar-refractivity contribution in [3.8, 4) is 11.5 Å². The molecule has 140 valence electrons. The first-order valence-electron chi connectivity index (χ1n) is 8.04. The highest BCUT2D eigenvalue weighted by Gasteiger charge is 2.20. The van der Waals surface area contributed by atoms with Gasteiger partial charge < -0.3 is 14.7 Å². The van der Waals surface area contributed by atoms with E-state index in [2.05, 4.69) is 4.95 Å². The second kappa shape index (κ2) is 8.25. The maximum Gasteiger partial charge on any atom is 0.385 e. The first kappa shape index (κ1) is 20.5. The van der Waals surface area contributed by atoms with Crippen LogP contribution >= 0.6 is 19.3 Å². The molecule has 0 fully saturated rings. The van der Waals surface area contributed by atoms with Crippen LogP contribution in [-0.2, 0) is 4.57 Å². The summed E-state index contributed by atoms with van der Waals surface area (Å²) in [4.78, 5) is 23.7. The number of aromatic hydroxyl groups is 1. The molecule has 0 amide bonds. The SMILES string of the molecule is Cc1cc(OCP(=O)(O)N=O)cc(C)c1Sc1ccc(O)c(C(C)C)c1. The number of nitroso groups, excluding NO2 is 1. The summed E-state index contributed by atoms with van der Waals surface area (Å²) in [6.07, 6.45) is -0.641. The van der Waals surface area contributed by atoms with E-state index in [0.29, 0.717) is 11.5 Å². The van der Waals surface area contributed by atoms with Gasteiger partial charge in [-0.25, -0.2) is 0 Å². The van der Waals surface area contributed by atoms with Crippen LogP contribution in [0.4, 0.5) is 0 Å². The van der Waals surface area contributed by atoms with Gasteiger partial charge in [-0.2, -0.15) is 0 Å². The van der Waals surface area contributed by atoms with Crippen LogP contribution in [0.2, 0.25) is 0 Å². The van der Waals surface area contributed by atoms with E-state index in [-0.39, 0.29) is 5.92 Å². The van der Waals surface area contributed by atoms with Crippen LogP contribution in [0.1, 0.15) is 36.5 Å². The lowest BCUT2D eigenvalue weighted by atomic mass is 10.0. The van der Waals surface area contributed by atoms with E-state index in [0.717, 1.165) is 26.5 Å². The van der Waals surface area contributed by atoms with E-state index in [9.17, 15) is 19.5 Å². The number of benzene rings is 2. The van der Waals surface area contributed by atoms with Crippen molar-refractivity contribution < 1.29 is 19.3 Å². The zero-order valence-corrected chi connectivity index (χ0v) is 16.8. The van der Waals surface area contributed by atoms with Crippen molar-refractivity contribution >= 4 is 19.3 Å². The van der Waals surface area contributed by atoms with Gasteiger partial charge in [0, 0.05) is 14.7 Å². The van der Waals surface area contributed by atoms with Crippen molar-refractivity contribution in [3.05, 3.63) is 51.9 Å². The molecule has 0 aromatic heterocycles. The molecule has 2 N–H and O–H groups in total. The first-order valence-corrected chi connectivity index (χ1v) is 10.7. The number of hydrogen-bond acceptors (Lipinski definition) is 5. The summed E-state index contributed by atoms with van der Waals surface area (Å²) in [7, 11) is -4.14. The topological polar surface area (TPSA) is 96.2 Å². The highest BCUT2D eigenvalue weighted by Crippen LogP contribution is 2.42. The third kappa shape index (κ3) is 5.10. The van der Waals surface area contributed by atoms with Crippen molar-refractivity contribution in [2.75, 3.05) is 6.35 Å². The molecule has 2 aromatic rings. The Morgan fingerprint density at radius 1 is 1.19 bits per heavy atom. The molecule has 0 saturated heterocycles. The average molecular weight is 395 g/mol. The van der Waals surface area contributed by atoms with Gasteiger partial charge in [0.1, 0.15) is 11.5 Å². The summed E-state index contributed by atoms with van der Waals surface area (Å²) < 4.78 is 16.5. The molecule has 0 radical (unpaired) electrons. The van der Waals surface area contributed by atoms with Gasteiger partial charge >= 0.3 is 7.52 Å². The molecule has 2 rings (SSSR count). The molecule has 0 aliphatic rings. The molecule has 0 aliphatic carbocycles. The second-order valence-corrected chi connectivity index (χ2v) is 9.22. The minimum atomic E-state index is -4.14. The predicted molar refractivity (Wildman–Crippen MR) is 103 cm³/mol. The van der Waals surface area contributed by atoms with Crippen LogP contribution < -0.4 is 4.74 Å². The first-order chi connectivity index (χ1) is 12.1. The minimum absolute atomic E-state index is 0.217. The van der Waals surface area contributed by atoms with Crippen molar-refractivity contribution in [2.45, 2.75) is 43.4 Å². The molecular weight excluding hydrogens is 373 g/mol. The Bertz CT molecular complexity index is 846. The van der Waals surface area contributed by atoms with Crippen LogP contribution in [0.3, 0.4) is 0 Å². The zero-order valence-electron chi connectivity index (χ0n) is 15.1. The van der Waals surface area contributed by atoms with Gasteiger partial charge in [0.15, 0.2) is 6.35 Å². The normalized spacial score (nSPS) is 13.5. The number of nitrogens with zero attached hydrogens (tertiary/aromatic N) is 1. The number of phenols is 1. The van der Waals surface area contributed by atoms with E-state index >= 15 is 0 Å². The van der Waals surface area contributed by atoms with E-state index in [1.54, 1.807) is 30.0 Å². The third-order valence-corrected chi connectivity index (χ3v) is 5.86. The lowest BCUT2D eigenvalue weighted by molar-refractivity contribution is 0.349. The molecule has 0 aliphatic heterocycles. The molecule has 6 nitrogen and oxygen atoms in total. The minimum Gasteiger partial charge on any atom is -0.508 e. The van der Waals surface area contributed by atoms with Crippen LogP contribution in [0.25, 0.3) is 0 Å². The molecule has 0 bridgehead atoms. The van der Waals surface area contributed by atoms with Crippen molar-refractivity contribution in [1.29, 1.82) is 0 Å². The molecule has 0 saturated carbocycles. The Kier molecular flexibility index (Phi) is 6.50. The molecule has 0 spiro atoms. The highest BCUT2D eigenvalue weighted by atomic mass is 32.2. The number of ether oxygens (including phenoxy) is 1. The van der Waals surface area contributed by atoms with Crippen LogP contribution in [0.5, 0.6) is 11.5 Å². The summed E-state index contributed by atoms with van der Waals surface area (Å²) >= 11 is 1.58. The monoisotopic (exact) mass is 395 g/mol. The number of hydrogen-bond donors (Lipinski definition) is 2. The van der Waals surface area contributed by atoms with E-state index in [4.69, 9.17) is 4.74 Å². The second-order valence-electron chi connectivity index (χ2n) is 6.38. The Morgan fingerprint density at radius 2 is 1.81 bits per heavy atom. The van der Waals surface area contributed by atoms with Gasteiger partial charge in [-0.3, -0.25) is 4.57 Å². The molecule has 1 unspecified atom stereocenters. The molecule has 26 heavy (non-hydrogen) atoms. The van der Waals surface area contributed by atoms with Gasteiger partial charge in [0.25, 0.3) is 0 Å². The molecule has 8 heteroatoms. The fourth-order valence-electron chi connectivity index (χ4n) is 2.51. The number of rotatable bonds is 7. The Labute approximate surface area is 157 Å². The Balaban J connectivity index is 2.25. The number of phenolic OH excluding ortho intramolecular Hbond substituents is 1. The van der Waals surface area contributed by atoms with E-state index in [1.807, 2.05) is 39.8 Å². The maximum absolute atomic E-state index is 11.3. The van der Waals surface area contributed by atoms with Crippen LogP contribution in [0, 0.1) is 18.8 Å². The van der Waals surface area contributed by atoms with E-state index in [1.165, 1.54) is 0 Å². The fourth-order valence-corrected chi connectivity index (χ4v) is 3.88. The van der Waals surface area contributed by atoms with Crippen LogP contribution in [0.15, 0.2) is 45.1 Å². The van der Waals surface area contributed by atoms with Gasteiger partial charge in [0.2, 0.25) is 0 Å². The molecular formula is C18H22NO5PS. The van der Waals surface area contributed by atoms with Crippen LogP contribution in [-0.4, -0.2) is 16.3 Å². The van der Waals surface area contributed by atoms with Gasteiger partial charge in [-0.15, -0.1) is 4.91 Å². The Morgan fingerprint density at radius 3 is 2.35 bits per heavy atom. The third-order valence-electron chi connectivity index (χ3n) is 3.80. The average Bonchev–Trinajstić information content (AvgIpc) is 2.57. The zero-order chi connectivity index (χ0) is 19.5. The molecule has 2 aromatic carbocycles. The fraction of sp³-hybridized carbons (Fsp3) is 0.333. The summed E-state index contributed by atoms with van der Waals surface area (Å²) in [6.45, 7) is 7.89. The maximum atomic E-state index is 11.3. The largest absolute Gasteiger partial charge is 0.508 e. The molecule has 1 atom stereocenters. The highest BCUT2D eigenvalue weighted by molar-refractivity contribution is 7.99. The van der Waals surface area contributed by atoms with Crippen molar-refractivity contribution in [3.63, 3.8) is 0 Å². The molecule has 0 heterocycles. The summed E-state index contributed by atoms with van der Waals surface area (Å²) in [5.41, 5.74) is 2.78. The quantitative estimate of drug-likeness (QED) is 0.470. The summed E-state index contributed by atoms with van der Waals surface area (Å²) in [6, 6.07) is 9.05. The van der Waals surface area contributed by atoms with E-state index < -0.39 is 13.9 Å². The van der Waals surface area contributed by atoms with Gasteiger partial charge in [0.05, 0.1) is 0 Å². The summed E-state index contributed by atoms with van der Waals surface area (Å²) in [5, 5.41) is 9.96. The number of aryl methyl sites for hydroxylation is 2. The van der Waals surface area contributed by atoms with Crippen molar-refractivity contribution in [1.82, 2.24) is 0 Å². The predicted octanol–water partition coefficient (Wildman–Crippen LogP) is 5.57. The smallest absolute Gasteiger partial charge is 0.385 e. The van der Waals surface area contributed by atoms with Gasteiger partial charge in [-0.05, 0) is 66.8 Å². The summed E-state index contributed by atoms with van der Waals surface area (Å²) in [5.74, 6) is 0.920. The standard InChI is InChI=1S/C18H22NO5PS/c1-11(2)16-9-15(5-6-17(16)20)26-18-12(3)7-14(8-13(18)4)24-10-25(22,23)19-21/h5-9,11,20H,10H2,1-4H3,(H,22,23). The Hall–Kier alpha value is -1.82. The lowest BCUT2D eigenvalue weighted by Crippen LogP contribution is -1.98. The van der Waals surface area contributed by atoms with Gasteiger partial charge in [-0.1, -0.05) is 25.6 Å². The van der Waals surface area contributed by atoms with Crippen molar-refractivity contribution in [2.24, 2.45) is 4.95 Å². The lowest BCUT2D eigenvalue weighted by Gasteiger charge is -2.15.